The minimum Gasteiger partial charge on any atom is -0.340 e. The van der Waals surface area contributed by atoms with Gasteiger partial charge in [-0.1, -0.05) is 11.6 Å². The van der Waals surface area contributed by atoms with Crippen LogP contribution in [0.15, 0.2) is 30.5 Å². The van der Waals surface area contributed by atoms with E-state index in [2.05, 4.69) is 15.5 Å². The van der Waals surface area contributed by atoms with E-state index in [9.17, 15) is 13.2 Å². The Morgan fingerprint density at radius 3 is 2.59 bits per heavy atom. The van der Waals surface area contributed by atoms with Gasteiger partial charge in [-0.05, 0) is 19.1 Å². The molecule has 3 nitrogen and oxygen atoms in total. The standard InChI is InChI=1S/C11H10F3N3/c1-7-2-3-9(8(6-7)11(12,13)14)16-10-4-5-15-17-10/h2-6H,1H3,(H2,15,16,17). The maximum absolute atomic E-state index is 12.8. The van der Waals surface area contributed by atoms with Gasteiger partial charge in [-0.15, -0.1) is 0 Å². The van der Waals surface area contributed by atoms with Crippen molar-refractivity contribution in [2.24, 2.45) is 0 Å². The summed E-state index contributed by atoms with van der Waals surface area (Å²) in [5, 5.41) is 8.86. The minimum atomic E-state index is -4.38. The first kappa shape index (κ1) is 11.5. The molecule has 0 bridgehead atoms. The quantitative estimate of drug-likeness (QED) is 0.845. The van der Waals surface area contributed by atoms with E-state index in [1.54, 1.807) is 19.1 Å². The number of H-pyrrole nitrogens is 1. The average molecular weight is 241 g/mol. The molecule has 0 atom stereocenters. The summed E-state index contributed by atoms with van der Waals surface area (Å²) in [4.78, 5) is 0. The van der Waals surface area contributed by atoms with Crippen LogP contribution in [0.25, 0.3) is 0 Å². The highest BCUT2D eigenvalue weighted by atomic mass is 19.4. The number of anilines is 2. The van der Waals surface area contributed by atoms with E-state index in [0.717, 1.165) is 6.07 Å². The summed E-state index contributed by atoms with van der Waals surface area (Å²) in [6.07, 6.45) is -2.92. The topological polar surface area (TPSA) is 40.7 Å². The largest absolute Gasteiger partial charge is 0.418 e. The molecule has 1 aromatic carbocycles. The normalized spacial score (nSPS) is 11.5. The van der Waals surface area contributed by atoms with E-state index >= 15 is 0 Å². The molecule has 0 aliphatic heterocycles. The molecule has 1 heterocycles. The second kappa shape index (κ2) is 4.12. The number of nitrogens with zero attached hydrogens (tertiary/aromatic N) is 1. The fraction of sp³-hybridized carbons (Fsp3) is 0.182. The molecule has 17 heavy (non-hydrogen) atoms. The van der Waals surface area contributed by atoms with Crippen LogP contribution in [0.4, 0.5) is 24.7 Å². The first-order chi connectivity index (χ1) is 7.97. The highest BCUT2D eigenvalue weighted by molar-refractivity contribution is 5.61. The maximum Gasteiger partial charge on any atom is 0.418 e. The van der Waals surface area contributed by atoms with Gasteiger partial charge in [-0.3, -0.25) is 5.10 Å². The molecular formula is C11H10F3N3. The lowest BCUT2D eigenvalue weighted by Gasteiger charge is -2.14. The van der Waals surface area contributed by atoms with Gasteiger partial charge in [0.15, 0.2) is 0 Å². The number of halogens is 3. The molecule has 0 radical (unpaired) electrons. The van der Waals surface area contributed by atoms with Crippen LogP contribution in [0, 0.1) is 6.92 Å². The van der Waals surface area contributed by atoms with E-state index in [-0.39, 0.29) is 5.69 Å². The smallest absolute Gasteiger partial charge is 0.340 e. The molecule has 0 saturated carbocycles. The number of aromatic nitrogens is 2. The van der Waals surface area contributed by atoms with Crippen molar-refractivity contribution in [3.05, 3.63) is 41.6 Å². The van der Waals surface area contributed by atoms with E-state index in [1.807, 2.05) is 0 Å². The number of rotatable bonds is 2. The fourth-order valence-corrected chi connectivity index (χ4v) is 1.47. The number of benzene rings is 1. The van der Waals surface area contributed by atoms with Crippen molar-refractivity contribution < 1.29 is 13.2 Å². The SMILES string of the molecule is Cc1ccc(Nc2ccn[nH]2)c(C(F)(F)F)c1. The van der Waals surface area contributed by atoms with Gasteiger partial charge < -0.3 is 5.32 Å². The van der Waals surface area contributed by atoms with Crippen LogP contribution in [-0.4, -0.2) is 10.2 Å². The Morgan fingerprint density at radius 1 is 1.24 bits per heavy atom. The number of aromatic amines is 1. The third kappa shape index (κ3) is 2.58. The van der Waals surface area contributed by atoms with E-state index < -0.39 is 11.7 Å². The van der Waals surface area contributed by atoms with Crippen molar-refractivity contribution in [2.75, 3.05) is 5.32 Å². The van der Waals surface area contributed by atoms with Crippen LogP contribution in [0.5, 0.6) is 0 Å². The van der Waals surface area contributed by atoms with Crippen LogP contribution in [0.1, 0.15) is 11.1 Å². The van der Waals surface area contributed by atoms with Crippen LogP contribution in [0.3, 0.4) is 0 Å². The Balaban J connectivity index is 2.40. The predicted octanol–water partition coefficient (Wildman–Crippen LogP) is 3.48. The van der Waals surface area contributed by atoms with Gasteiger partial charge in [0.2, 0.25) is 0 Å². The molecule has 0 unspecified atom stereocenters. The highest BCUT2D eigenvalue weighted by Crippen LogP contribution is 2.36. The Hall–Kier alpha value is -1.98. The lowest BCUT2D eigenvalue weighted by molar-refractivity contribution is -0.137. The molecule has 6 heteroatoms. The van der Waals surface area contributed by atoms with Crippen LogP contribution < -0.4 is 5.32 Å². The van der Waals surface area contributed by atoms with Crippen molar-refractivity contribution in [1.29, 1.82) is 0 Å². The Bertz CT molecular complexity index is 503. The molecule has 0 saturated heterocycles. The van der Waals surface area contributed by atoms with Gasteiger partial charge in [0.05, 0.1) is 17.4 Å². The Morgan fingerprint density at radius 2 is 2.00 bits per heavy atom. The molecule has 2 aromatic rings. The molecule has 90 valence electrons. The first-order valence-electron chi connectivity index (χ1n) is 4.91. The number of aryl methyl sites for hydroxylation is 1. The third-order valence-corrected chi connectivity index (χ3v) is 2.25. The zero-order valence-corrected chi connectivity index (χ0v) is 8.97. The van der Waals surface area contributed by atoms with E-state index in [4.69, 9.17) is 0 Å². The van der Waals surface area contributed by atoms with Gasteiger partial charge in [0.1, 0.15) is 5.82 Å². The highest BCUT2D eigenvalue weighted by Gasteiger charge is 2.33. The van der Waals surface area contributed by atoms with Crippen molar-refractivity contribution in [1.82, 2.24) is 10.2 Å². The van der Waals surface area contributed by atoms with Gasteiger partial charge in [-0.2, -0.15) is 18.3 Å². The molecule has 0 spiro atoms. The summed E-state index contributed by atoms with van der Waals surface area (Å²) < 4.78 is 38.4. The number of alkyl halides is 3. The molecular weight excluding hydrogens is 231 g/mol. The second-order valence-electron chi connectivity index (χ2n) is 3.64. The summed E-state index contributed by atoms with van der Waals surface area (Å²) in [6, 6.07) is 5.69. The van der Waals surface area contributed by atoms with Crippen molar-refractivity contribution >= 4 is 11.5 Å². The predicted molar refractivity (Wildman–Crippen MR) is 58.1 cm³/mol. The Kier molecular flexibility index (Phi) is 2.79. The third-order valence-electron chi connectivity index (χ3n) is 2.25. The molecule has 0 amide bonds. The summed E-state index contributed by atoms with van der Waals surface area (Å²) >= 11 is 0. The van der Waals surface area contributed by atoms with E-state index in [1.165, 1.54) is 12.3 Å². The molecule has 2 N–H and O–H groups in total. The molecule has 0 fully saturated rings. The second-order valence-corrected chi connectivity index (χ2v) is 3.64. The van der Waals surface area contributed by atoms with Crippen molar-refractivity contribution in [3.63, 3.8) is 0 Å². The maximum atomic E-state index is 12.8. The number of nitrogens with one attached hydrogen (secondary N) is 2. The van der Waals surface area contributed by atoms with Crippen LogP contribution in [0.2, 0.25) is 0 Å². The van der Waals surface area contributed by atoms with Crippen molar-refractivity contribution in [3.8, 4) is 0 Å². The monoisotopic (exact) mass is 241 g/mol. The first-order valence-corrected chi connectivity index (χ1v) is 4.91. The van der Waals surface area contributed by atoms with Gasteiger partial charge in [-0.25, -0.2) is 0 Å². The van der Waals surface area contributed by atoms with Gasteiger partial charge in [0, 0.05) is 6.07 Å². The summed E-state index contributed by atoms with van der Waals surface area (Å²) in [5.74, 6) is 0.416. The average Bonchev–Trinajstić information content (AvgIpc) is 2.72. The zero-order valence-electron chi connectivity index (χ0n) is 8.97. The molecule has 0 aliphatic rings. The lowest BCUT2D eigenvalue weighted by Crippen LogP contribution is -2.09. The molecule has 2 rings (SSSR count). The Labute approximate surface area is 95.7 Å². The van der Waals surface area contributed by atoms with Gasteiger partial charge >= 0.3 is 6.18 Å². The zero-order chi connectivity index (χ0) is 12.5. The minimum absolute atomic E-state index is 0.00681. The van der Waals surface area contributed by atoms with Crippen molar-refractivity contribution in [2.45, 2.75) is 13.1 Å². The van der Waals surface area contributed by atoms with E-state index in [0.29, 0.717) is 11.4 Å². The number of hydrogen-bond acceptors (Lipinski definition) is 2. The fourth-order valence-electron chi connectivity index (χ4n) is 1.47. The van der Waals surface area contributed by atoms with Gasteiger partial charge in [0.25, 0.3) is 0 Å². The summed E-state index contributed by atoms with van der Waals surface area (Å²) in [5.41, 5.74) is -0.119. The van der Waals surface area contributed by atoms with Crippen LogP contribution in [-0.2, 0) is 6.18 Å². The summed E-state index contributed by atoms with van der Waals surface area (Å²) in [6.45, 7) is 1.62. The van der Waals surface area contributed by atoms with Crippen LogP contribution >= 0.6 is 0 Å². The summed E-state index contributed by atoms with van der Waals surface area (Å²) in [7, 11) is 0. The molecule has 0 aliphatic carbocycles. The molecule has 1 aromatic heterocycles. The lowest BCUT2D eigenvalue weighted by atomic mass is 10.1. The number of hydrogen-bond donors (Lipinski definition) is 2.